The van der Waals surface area contributed by atoms with E-state index in [1.807, 2.05) is 42.6 Å². The van der Waals surface area contributed by atoms with Crippen LogP contribution in [0, 0.1) is 0 Å². The summed E-state index contributed by atoms with van der Waals surface area (Å²) in [5, 5.41) is 4.98. The molecule has 1 aliphatic heterocycles. The van der Waals surface area contributed by atoms with Gasteiger partial charge in [-0.2, -0.15) is 0 Å². The van der Waals surface area contributed by atoms with Crippen LogP contribution in [-0.4, -0.2) is 22.5 Å². The number of fused-ring (bicyclic) bond motifs is 1. The Kier molecular flexibility index (Phi) is 4.08. The highest BCUT2D eigenvalue weighted by Crippen LogP contribution is 2.29. The minimum absolute atomic E-state index is 0.00401. The molecule has 3 aromatic rings. The van der Waals surface area contributed by atoms with Crippen molar-refractivity contribution in [3.63, 3.8) is 0 Å². The van der Waals surface area contributed by atoms with E-state index in [1.165, 1.54) is 0 Å². The molecule has 0 aliphatic carbocycles. The molecule has 6 heteroatoms. The van der Waals surface area contributed by atoms with Crippen molar-refractivity contribution < 1.29 is 9.53 Å². The van der Waals surface area contributed by atoms with Crippen molar-refractivity contribution in [2.45, 2.75) is 31.8 Å². The number of ether oxygens (including phenoxy) is 1. The Bertz CT molecular complexity index is 850. The van der Waals surface area contributed by atoms with E-state index in [1.54, 1.807) is 11.3 Å². The molecule has 124 valence electrons. The van der Waals surface area contributed by atoms with E-state index in [0.29, 0.717) is 0 Å². The molecule has 3 heterocycles. The number of carbonyl (C=O) groups is 1. The standard InChI is InChI=1S/C18H19N3O2S/c1-11(16-5-3-9-24-16)18(22)19-12-6-7-13-14(10-12)21-17(20-13)15-4-2-8-23-15/h3,5-7,9-11,15H,2,4,8H2,1H3,(H,19,22)(H,20,21)/t11-,15-/m0/s1. The summed E-state index contributed by atoms with van der Waals surface area (Å²) < 4.78 is 5.67. The van der Waals surface area contributed by atoms with Gasteiger partial charge in [-0.3, -0.25) is 4.79 Å². The first kappa shape index (κ1) is 15.4. The number of hydrogen-bond acceptors (Lipinski definition) is 4. The third-order valence-electron chi connectivity index (χ3n) is 4.37. The van der Waals surface area contributed by atoms with Gasteiger partial charge in [-0.05, 0) is 49.4 Å². The minimum Gasteiger partial charge on any atom is -0.370 e. The summed E-state index contributed by atoms with van der Waals surface area (Å²) >= 11 is 1.60. The Morgan fingerprint density at radius 3 is 3.12 bits per heavy atom. The number of imidazole rings is 1. The van der Waals surface area contributed by atoms with Gasteiger partial charge in [-0.1, -0.05) is 6.07 Å². The topological polar surface area (TPSA) is 67.0 Å². The van der Waals surface area contributed by atoms with E-state index < -0.39 is 0 Å². The van der Waals surface area contributed by atoms with Crippen molar-refractivity contribution in [3.8, 4) is 0 Å². The van der Waals surface area contributed by atoms with Gasteiger partial charge in [0.05, 0.1) is 17.0 Å². The van der Waals surface area contributed by atoms with Crippen LogP contribution in [0.3, 0.4) is 0 Å². The molecule has 2 aromatic heterocycles. The first-order chi connectivity index (χ1) is 11.7. The fourth-order valence-electron chi connectivity index (χ4n) is 2.97. The Hall–Kier alpha value is -2.18. The van der Waals surface area contributed by atoms with E-state index >= 15 is 0 Å². The van der Waals surface area contributed by atoms with Gasteiger partial charge in [0.2, 0.25) is 5.91 Å². The van der Waals surface area contributed by atoms with Crippen LogP contribution < -0.4 is 5.32 Å². The summed E-state index contributed by atoms with van der Waals surface area (Å²) in [7, 11) is 0. The van der Waals surface area contributed by atoms with Gasteiger partial charge >= 0.3 is 0 Å². The number of anilines is 1. The molecule has 1 aromatic carbocycles. The van der Waals surface area contributed by atoms with Gasteiger partial charge in [0.1, 0.15) is 11.9 Å². The first-order valence-corrected chi connectivity index (χ1v) is 9.04. The van der Waals surface area contributed by atoms with E-state index in [4.69, 9.17) is 4.74 Å². The Balaban J connectivity index is 1.53. The molecule has 2 N–H and O–H groups in total. The maximum absolute atomic E-state index is 12.4. The average molecular weight is 341 g/mol. The smallest absolute Gasteiger partial charge is 0.232 e. The van der Waals surface area contributed by atoms with Crippen LogP contribution in [0.15, 0.2) is 35.7 Å². The number of carbonyl (C=O) groups excluding carboxylic acids is 1. The number of rotatable bonds is 4. The monoisotopic (exact) mass is 341 g/mol. The van der Waals surface area contributed by atoms with Gasteiger partial charge in [0.15, 0.2) is 0 Å². The minimum atomic E-state index is -0.162. The summed E-state index contributed by atoms with van der Waals surface area (Å²) in [5.74, 6) is 0.707. The molecular weight excluding hydrogens is 322 g/mol. The third kappa shape index (κ3) is 2.95. The van der Waals surface area contributed by atoms with Crippen LogP contribution in [0.1, 0.15) is 42.5 Å². The van der Waals surface area contributed by atoms with Gasteiger partial charge in [0.25, 0.3) is 0 Å². The van der Waals surface area contributed by atoms with Gasteiger partial charge in [0, 0.05) is 17.2 Å². The van der Waals surface area contributed by atoms with Crippen molar-refractivity contribution in [3.05, 3.63) is 46.4 Å². The van der Waals surface area contributed by atoms with Crippen LogP contribution in [-0.2, 0) is 9.53 Å². The van der Waals surface area contributed by atoms with Crippen LogP contribution in [0.5, 0.6) is 0 Å². The highest BCUT2D eigenvalue weighted by molar-refractivity contribution is 7.10. The second-order valence-electron chi connectivity index (χ2n) is 6.08. The molecule has 24 heavy (non-hydrogen) atoms. The molecule has 0 unspecified atom stereocenters. The fourth-order valence-corrected chi connectivity index (χ4v) is 3.75. The van der Waals surface area contributed by atoms with E-state index in [0.717, 1.165) is 46.9 Å². The van der Waals surface area contributed by atoms with E-state index in [2.05, 4.69) is 15.3 Å². The number of H-pyrrole nitrogens is 1. The molecule has 5 nitrogen and oxygen atoms in total. The summed E-state index contributed by atoms with van der Waals surface area (Å²) in [6.07, 6.45) is 2.14. The van der Waals surface area contributed by atoms with Crippen LogP contribution in [0.2, 0.25) is 0 Å². The Morgan fingerprint density at radius 1 is 1.46 bits per heavy atom. The van der Waals surface area contributed by atoms with Crippen LogP contribution in [0.4, 0.5) is 5.69 Å². The molecule has 2 atom stereocenters. The maximum Gasteiger partial charge on any atom is 0.232 e. The molecule has 0 bridgehead atoms. The van der Waals surface area contributed by atoms with Crippen molar-refractivity contribution in [2.75, 3.05) is 11.9 Å². The van der Waals surface area contributed by atoms with Crippen molar-refractivity contribution in [1.29, 1.82) is 0 Å². The van der Waals surface area contributed by atoms with Crippen molar-refractivity contribution in [1.82, 2.24) is 9.97 Å². The number of thiophene rings is 1. The molecule has 0 spiro atoms. The van der Waals surface area contributed by atoms with Gasteiger partial charge in [-0.15, -0.1) is 11.3 Å². The van der Waals surface area contributed by atoms with Crippen LogP contribution >= 0.6 is 11.3 Å². The summed E-state index contributed by atoms with van der Waals surface area (Å²) in [6.45, 7) is 2.72. The first-order valence-electron chi connectivity index (χ1n) is 8.16. The number of hydrogen-bond donors (Lipinski definition) is 2. The third-order valence-corrected chi connectivity index (χ3v) is 5.42. The molecule has 1 saturated heterocycles. The normalized spacial score (nSPS) is 18.8. The van der Waals surface area contributed by atoms with Gasteiger partial charge in [-0.25, -0.2) is 4.98 Å². The fraction of sp³-hybridized carbons (Fsp3) is 0.333. The lowest BCUT2D eigenvalue weighted by molar-refractivity contribution is -0.117. The Morgan fingerprint density at radius 2 is 2.38 bits per heavy atom. The van der Waals surface area contributed by atoms with E-state index in [-0.39, 0.29) is 17.9 Å². The lowest BCUT2D eigenvalue weighted by atomic mass is 10.1. The second kappa shape index (κ2) is 6.37. The molecule has 1 aliphatic rings. The predicted molar refractivity (Wildman–Crippen MR) is 95.4 cm³/mol. The molecule has 4 rings (SSSR count). The maximum atomic E-state index is 12.4. The highest BCUT2D eigenvalue weighted by atomic mass is 32.1. The lowest BCUT2D eigenvalue weighted by Crippen LogP contribution is -2.18. The van der Waals surface area contributed by atoms with Crippen LogP contribution in [0.25, 0.3) is 11.0 Å². The average Bonchev–Trinajstić information content (AvgIpc) is 3.32. The molecule has 0 saturated carbocycles. The predicted octanol–water partition coefficient (Wildman–Crippen LogP) is 4.22. The number of nitrogens with one attached hydrogen (secondary N) is 2. The zero-order chi connectivity index (χ0) is 16.5. The number of nitrogens with zero attached hydrogens (tertiary/aromatic N) is 1. The summed E-state index contributed by atoms with van der Waals surface area (Å²) in [6, 6.07) is 9.70. The molecular formula is C18H19N3O2S. The lowest BCUT2D eigenvalue weighted by Gasteiger charge is -2.10. The zero-order valence-corrected chi connectivity index (χ0v) is 14.2. The largest absolute Gasteiger partial charge is 0.370 e. The summed E-state index contributed by atoms with van der Waals surface area (Å²) in [5.41, 5.74) is 2.59. The molecule has 0 radical (unpaired) electrons. The second-order valence-corrected chi connectivity index (χ2v) is 7.06. The van der Waals surface area contributed by atoms with Crippen molar-refractivity contribution in [2.24, 2.45) is 0 Å². The molecule has 1 fully saturated rings. The number of benzene rings is 1. The zero-order valence-electron chi connectivity index (χ0n) is 13.4. The number of aromatic amines is 1. The Labute approximate surface area is 144 Å². The van der Waals surface area contributed by atoms with E-state index in [9.17, 15) is 4.79 Å². The quantitative estimate of drug-likeness (QED) is 0.747. The summed E-state index contributed by atoms with van der Waals surface area (Å²) in [4.78, 5) is 21.4. The SMILES string of the molecule is C[C@H](C(=O)Nc1ccc2nc([C@@H]3CCCO3)[nH]c2c1)c1cccs1. The number of aromatic nitrogens is 2. The molecule has 1 amide bonds. The van der Waals surface area contributed by atoms with Gasteiger partial charge < -0.3 is 15.0 Å². The van der Waals surface area contributed by atoms with Crippen molar-refractivity contribution >= 4 is 34.0 Å². The number of amides is 1. The highest BCUT2D eigenvalue weighted by Gasteiger charge is 2.21.